The second kappa shape index (κ2) is 10.2. The first-order valence-corrected chi connectivity index (χ1v) is 10.8. The van der Waals surface area contributed by atoms with Crippen LogP contribution in [0.3, 0.4) is 0 Å². The molecule has 1 aliphatic carbocycles. The van der Waals surface area contributed by atoms with Gasteiger partial charge in [-0.05, 0) is 49.1 Å². The van der Waals surface area contributed by atoms with E-state index < -0.39 is 0 Å². The van der Waals surface area contributed by atoms with Crippen LogP contribution in [0.2, 0.25) is 0 Å². The predicted octanol–water partition coefficient (Wildman–Crippen LogP) is 3.51. The smallest absolute Gasteiger partial charge is 0.276 e. The maximum Gasteiger partial charge on any atom is 0.276 e. The molecule has 1 aliphatic rings. The first kappa shape index (κ1) is 22.4. The van der Waals surface area contributed by atoms with Gasteiger partial charge in [0.25, 0.3) is 5.91 Å². The maximum atomic E-state index is 13.3. The van der Waals surface area contributed by atoms with Crippen LogP contribution in [0.1, 0.15) is 35.5 Å². The van der Waals surface area contributed by atoms with Gasteiger partial charge < -0.3 is 28.6 Å². The molecule has 2 amide bonds. The summed E-state index contributed by atoms with van der Waals surface area (Å²) in [6.45, 7) is 1.13. The number of carbonyl (C=O) groups is 2. The van der Waals surface area contributed by atoms with Gasteiger partial charge in [0.2, 0.25) is 5.91 Å². The van der Waals surface area contributed by atoms with Gasteiger partial charge in [0.1, 0.15) is 17.3 Å². The van der Waals surface area contributed by atoms with Crippen molar-refractivity contribution in [1.29, 1.82) is 0 Å². The van der Waals surface area contributed by atoms with Crippen molar-refractivity contribution in [1.82, 2.24) is 15.4 Å². The van der Waals surface area contributed by atoms with E-state index in [1.165, 1.54) is 4.90 Å². The largest absolute Gasteiger partial charge is 0.497 e. The second-order valence-corrected chi connectivity index (χ2v) is 7.95. The van der Waals surface area contributed by atoms with Gasteiger partial charge in [-0.1, -0.05) is 5.16 Å². The molecule has 1 saturated carbocycles. The van der Waals surface area contributed by atoms with Crippen molar-refractivity contribution in [2.45, 2.75) is 25.8 Å². The highest BCUT2D eigenvalue weighted by Crippen LogP contribution is 2.34. The number of hydrogen-bond acceptors (Lipinski definition) is 7. The summed E-state index contributed by atoms with van der Waals surface area (Å²) >= 11 is 0. The Kier molecular flexibility index (Phi) is 6.97. The molecule has 0 radical (unpaired) electrons. The van der Waals surface area contributed by atoms with Crippen LogP contribution >= 0.6 is 0 Å². The van der Waals surface area contributed by atoms with E-state index in [4.69, 9.17) is 18.4 Å². The minimum atomic E-state index is -0.363. The molecule has 3 aromatic rings. The SMILES string of the molecule is COc1ccc(OC)c(-c2cc(C(=O)N(CCC(=O)NCC3CC3)Cc3ccco3)no2)c1. The standard InChI is InChI=1S/C24H27N3O6/c1-30-17-7-8-21(31-2)19(12-17)22-13-20(26-33-22)24(29)27(15-18-4-3-11-32-18)10-9-23(28)25-14-16-5-6-16/h3-4,7-8,11-13,16H,5-6,9-10,14-15H2,1-2H3,(H,25,28). The zero-order chi connectivity index (χ0) is 23.2. The summed E-state index contributed by atoms with van der Waals surface area (Å²) in [6, 6.07) is 10.4. The summed E-state index contributed by atoms with van der Waals surface area (Å²) < 4.78 is 21.5. The van der Waals surface area contributed by atoms with Gasteiger partial charge in [-0.25, -0.2) is 0 Å². The van der Waals surface area contributed by atoms with Crippen LogP contribution in [0.4, 0.5) is 0 Å². The molecule has 1 fully saturated rings. The number of furan rings is 1. The van der Waals surface area contributed by atoms with Crippen LogP contribution in [0, 0.1) is 5.92 Å². The Morgan fingerprint density at radius 1 is 1.18 bits per heavy atom. The molecule has 0 aliphatic heterocycles. The number of aromatic nitrogens is 1. The fourth-order valence-corrected chi connectivity index (χ4v) is 3.42. The highest BCUT2D eigenvalue weighted by molar-refractivity contribution is 5.93. The molecule has 4 rings (SSSR count). The fraction of sp³-hybridized carbons (Fsp3) is 0.375. The van der Waals surface area contributed by atoms with E-state index in [0.717, 1.165) is 12.8 Å². The van der Waals surface area contributed by atoms with Crippen molar-refractivity contribution in [2.75, 3.05) is 27.3 Å². The second-order valence-electron chi connectivity index (χ2n) is 7.95. The van der Waals surface area contributed by atoms with Crippen LogP contribution in [0.5, 0.6) is 11.5 Å². The number of rotatable bonds is 11. The molecule has 0 saturated heterocycles. The average Bonchev–Trinajstić information content (AvgIpc) is 3.30. The summed E-state index contributed by atoms with van der Waals surface area (Å²) in [4.78, 5) is 27.0. The first-order valence-electron chi connectivity index (χ1n) is 10.8. The van der Waals surface area contributed by atoms with Gasteiger partial charge >= 0.3 is 0 Å². The number of amides is 2. The van der Waals surface area contributed by atoms with Crippen LogP contribution in [-0.2, 0) is 11.3 Å². The molecule has 2 heterocycles. The van der Waals surface area contributed by atoms with E-state index in [-0.39, 0.29) is 37.0 Å². The van der Waals surface area contributed by atoms with Gasteiger partial charge in [0, 0.05) is 25.6 Å². The van der Waals surface area contributed by atoms with E-state index in [9.17, 15) is 9.59 Å². The molecule has 0 atom stereocenters. The van der Waals surface area contributed by atoms with Crippen molar-refractivity contribution < 1.29 is 28.0 Å². The number of ether oxygens (including phenoxy) is 2. The van der Waals surface area contributed by atoms with Gasteiger partial charge in [-0.3, -0.25) is 9.59 Å². The quantitative estimate of drug-likeness (QED) is 0.473. The molecule has 174 valence electrons. The number of benzene rings is 1. The lowest BCUT2D eigenvalue weighted by atomic mass is 10.1. The Labute approximate surface area is 191 Å². The Hall–Kier alpha value is -3.75. The molecule has 1 N–H and O–H groups in total. The topological polar surface area (TPSA) is 107 Å². The van der Waals surface area contributed by atoms with Crippen LogP contribution in [0.25, 0.3) is 11.3 Å². The first-order chi connectivity index (χ1) is 16.1. The lowest BCUT2D eigenvalue weighted by molar-refractivity contribution is -0.121. The van der Waals surface area contributed by atoms with Gasteiger partial charge in [-0.15, -0.1) is 0 Å². The maximum absolute atomic E-state index is 13.3. The van der Waals surface area contributed by atoms with Crippen LogP contribution in [0.15, 0.2) is 51.6 Å². The van der Waals surface area contributed by atoms with Crippen molar-refractivity contribution >= 4 is 11.8 Å². The third kappa shape index (κ3) is 5.74. The predicted molar refractivity (Wildman–Crippen MR) is 119 cm³/mol. The number of carbonyl (C=O) groups excluding carboxylic acids is 2. The molecule has 1 aromatic carbocycles. The molecule has 0 spiro atoms. The summed E-state index contributed by atoms with van der Waals surface area (Å²) in [6.07, 6.45) is 4.06. The molecule has 9 heteroatoms. The fourth-order valence-electron chi connectivity index (χ4n) is 3.42. The highest BCUT2D eigenvalue weighted by Gasteiger charge is 2.25. The number of methoxy groups -OCH3 is 2. The zero-order valence-electron chi connectivity index (χ0n) is 18.7. The minimum Gasteiger partial charge on any atom is -0.497 e. The molecule has 2 aromatic heterocycles. The lowest BCUT2D eigenvalue weighted by Gasteiger charge is -2.20. The van der Waals surface area contributed by atoms with Crippen molar-refractivity contribution in [3.63, 3.8) is 0 Å². The van der Waals surface area contributed by atoms with Crippen LogP contribution in [-0.4, -0.2) is 49.2 Å². The monoisotopic (exact) mass is 453 g/mol. The van der Waals surface area contributed by atoms with Crippen LogP contribution < -0.4 is 14.8 Å². The minimum absolute atomic E-state index is 0.0823. The van der Waals surface area contributed by atoms with Gasteiger partial charge in [0.15, 0.2) is 11.5 Å². The van der Waals surface area contributed by atoms with Gasteiger partial charge in [-0.2, -0.15) is 0 Å². The van der Waals surface area contributed by atoms with E-state index >= 15 is 0 Å². The third-order valence-corrected chi connectivity index (χ3v) is 5.51. The average molecular weight is 453 g/mol. The summed E-state index contributed by atoms with van der Waals surface area (Å²) in [5.74, 6) is 2.31. The van der Waals surface area contributed by atoms with Gasteiger partial charge in [0.05, 0.1) is 32.6 Å². The Balaban J connectivity index is 1.49. The Morgan fingerprint density at radius 2 is 2.03 bits per heavy atom. The van der Waals surface area contributed by atoms with E-state index in [0.29, 0.717) is 41.0 Å². The van der Waals surface area contributed by atoms with E-state index in [1.807, 2.05) is 0 Å². The van der Waals surface area contributed by atoms with E-state index in [2.05, 4.69) is 10.5 Å². The third-order valence-electron chi connectivity index (χ3n) is 5.51. The molecular formula is C24H27N3O6. The normalized spacial score (nSPS) is 12.9. The highest BCUT2D eigenvalue weighted by atomic mass is 16.5. The Morgan fingerprint density at radius 3 is 2.73 bits per heavy atom. The number of nitrogens with one attached hydrogen (secondary N) is 1. The molecule has 9 nitrogen and oxygen atoms in total. The number of nitrogens with zero attached hydrogens (tertiary/aromatic N) is 2. The molecule has 0 bridgehead atoms. The van der Waals surface area contributed by atoms with Crippen molar-refractivity contribution in [3.05, 3.63) is 54.1 Å². The zero-order valence-corrected chi connectivity index (χ0v) is 18.7. The Bertz CT molecular complexity index is 1090. The summed E-state index contributed by atoms with van der Waals surface area (Å²) in [5, 5.41) is 6.90. The van der Waals surface area contributed by atoms with Crippen molar-refractivity contribution in [3.8, 4) is 22.8 Å². The molecule has 33 heavy (non-hydrogen) atoms. The molecular weight excluding hydrogens is 426 g/mol. The van der Waals surface area contributed by atoms with E-state index in [1.54, 1.807) is 56.9 Å². The van der Waals surface area contributed by atoms with Crippen molar-refractivity contribution in [2.24, 2.45) is 5.92 Å². The number of hydrogen-bond donors (Lipinski definition) is 1. The molecule has 0 unspecified atom stereocenters. The summed E-state index contributed by atoms with van der Waals surface area (Å²) in [5.41, 5.74) is 0.736. The lowest BCUT2D eigenvalue weighted by Crippen LogP contribution is -2.35. The summed E-state index contributed by atoms with van der Waals surface area (Å²) in [7, 11) is 3.11.